The molecule has 0 atom stereocenters. The number of carbonyl (C=O) groups is 1. The van der Waals surface area contributed by atoms with Crippen molar-refractivity contribution in [2.45, 2.75) is 0 Å². The lowest BCUT2D eigenvalue weighted by molar-refractivity contribution is -0.106. The number of phenolic OH excluding ortho intramolecular Hbond substituents is 1. The van der Waals surface area contributed by atoms with Crippen LogP contribution in [0.2, 0.25) is 0 Å². The van der Waals surface area contributed by atoms with Crippen LogP contribution in [-0.2, 0) is 4.79 Å². The van der Waals surface area contributed by atoms with Gasteiger partial charge in [-0.2, -0.15) is 0 Å². The van der Waals surface area contributed by atoms with E-state index in [1.165, 1.54) is 0 Å². The molecule has 0 unspecified atom stereocenters. The van der Waals surface area contributed by atoms with Crippen molar-refractivity contribution in [1.82, 2.24) is 0 Å². The van der Waals surface area contributed by atoms with Crippen molar-refractivity contribution in [1.29, 1.82) is 0 Å². The number of phenols is 1. The molecule has 14 heavy (non-hydrogen) atoms. The van der Waals surface area contributed by atoms with E-state index in [0.29, 0.717) is 17.9 Å². The zero-order valence-electron chi connectivity index (χ0n) is 7.16. The van der Waals surface area contributed by atoms with Crippen molar-refractivity contribution in [3.05, 3.63) is 29.3 Å². The summed E-state index contributed by atoms with van der Waals surface area (Å²) in [6, 6.07) is 4.83. The Kier molecular flexibility index (Phi) is 2.45. The summed E-state index contributed by atoms with van der Waals surface area (Å²) < 4.78 is 5.32. The smallest absolute Gasteiger partial charge is 0.221 e. The summed E-state index contributed by atoms with van der Waals surface area (Å²) in [5.41, 5.74) is 1.36. The van der Waals surface area contributed by atoms with Crippen LogP contribution in [0.3, 0.4) is 0 Å². The van der Waals surface area contributed by atoms with Crippen LogP contribution in [0.1, 0.15) is 5.56 Å². The molecule has 1 aromatic rings. The van der Waals surface area contributed by atoms with Gasteiger partial charge in [0.05, 0.1) is 0 Å². The SMILES string of the molecule is O=C(I)C1=Cc2cc(O)ccc2OC1. The van der Waals surface area contributed by atoms with Gasteiger partial charge in [0.15, 0.2) is 0 Å². The molecule has 0 fully saturated rings. The molecule has 0 radical (unpaired) electrons. The average molecular weight is 302 g/mol. The largest absolute Gasteiger partial charge is 0.508 e. The van der Waals surface area contributed by atoms with Gasteiger partial charge in [0.2, 0.25) is 3.79 Å². The lowest BCUT2D eigenvalue weighted by atomic mass is 10.1. The molecular weight excluding hydrogens is 295 g/mol. The minimum Gasteiger partial charge on any atom is -0.508 e. The lowest BCUT2D eigenvalue weighted by Gasteiger charge is -2.15. The van der Waals surface area contributed by atoms with Gasteiger partial charge in [0.1, 0.15) is 18.1 Å². The fraction of sp³-hybridized carbons (Fsp3) is 0.100. The van der Waals surface area contributed by atoms with Crippen molar-refractivity contribution in [3.63, 3.8) is 0 Å². The number of carbonyl (C=O) groups excluding carboxylic acids is 1. The van der Waals surface area contributed by atoms with Gasteiger partial charge in [-0.25, -0.2) is 0 Å². The maximum absolute atomic E-state index is 11.1. The summed E-state index contributed by atoms with van der Waals surface area (Å²) in [6.07, 6.45) is 1.74. The average Bonchev–Trinajstić information content (AvgIpc) is 2.16. The second kappa shape index (κ2) is 3.61. The van der Waals surface area contributed by atoms with Gasteiger partial charge >= 0.3 is 0 Å². The molecular formula is C10H7IO3. The van der Waals surface area contributed by atoms with E-state index in [0.717, 1.165) is 5.56 Å². The molecule has 4 heteroatoms. The van der Waals surface area contributed by atoms with E-state index in [1.807, 2.05) is 0 Å². The van der Waals surface area contributed by atoms with Crippen molar-refractivity contribution in [2.75, 3.05) is 6.61 Å². The molecule has 1 aliphatic rings. The second-order valence-electron chi connectivity index (χ2n) is 2.95. The minimum atomic E-state index is -0.0309. The van der Waals surface area contributed by atoms with Crippen LogP contribution in [-0.4, -0.2) is 15.5 Å². The summed E-state index contributed by atoms with van der Waals surface area (Å²) >= 11 is 1.72. The summed E-state index contributed by atoms with van der Waals surface area (Å²) in [4.78, 5) is 11.1. The first kappa shape index (κ1) is 9.51. The second-order valence-corrected chi connectivity index (χ2v) is 3.93. The number of rotatable bonds is 1. The highest BCUT2D eigenvalue weighted by Crippen LogP contribution is 2.30. The van der Waals surface area contributed by atoms with E-state index in [4.69, 9.17) is 4.74 Å². The molecule has 2 rings (SSSR count). The van der Waals surface area contributed by atoms with Crippen LogP contribution in [0, 0.1) is 0 Å². The first-order valence-corrected chi connectivity index (χ1v) is 5.11. The van der Waals surface area contributed by atoms with E-state index < -0.39 is 0 Å². The maximum Gasteiger partial charge on any atom is 0.221 e. The van der Waals surface area contributed by atoms with Gasteiger partial charge < -0.3 is 9.84 Å². The molecule has 1 aliphatic heterocycles. The molecule has 0 saturated carbocycles. The number of hydrogen-bond acceptors (Lipinski definition) is 3. The Morgan fingerprint density at radius 3 is 3.00 bits per heavy atom. The normalized spacial score (nSPS) is 13.9. The van der Waals surface area contributed by atoms with Gasteiger partial charge in [0, 0.05) is 33.7 Å². The number of ether oxygens (including phenoxy) is 1. The number of aromatic hydroxyl groups is 1. The summed E-state index contributed by atoms with van der Waals surface area (Å²) in [5, 5.41) is 9.24. The number of benzene rings is 1. The number of fused-ring (bicyclic) bond motifs is 1. The maximum atomic E-state index is 11.1. The van der Waals surface area contributed by atoms with Crippen LogP contribution >= 0.6 is 22.6 Å². The van der Waals surface area contributed by atoms with Gasteiger partial charge in [-0.1, -0.05) is 0 Å². The van der Waals surface area contributed by atoms with Crippen LogP contribution in [0.5, 0.6) is 11.5 Å². The topological polar surface area (TPSA) is 46.5 Å². The summed E-state index contributed by atoms with van der Waals surface area (Å²) in [7, 11) is 0. The predicted octanol–water partition coefficient (Wildman–Crippen LogP) is 2.13. The molecule has 0 saturated heterocycles. The quantitative estimate of drug-likeness (QED) is 0.638. The Morgan fingerprint density at radius 2 is 2.29 bits per heavy atom. The zero-order chi connectivity index (χ0) is 10.1. The standard InChI is InChI=1S/C10H7IO3/c11-10(13)7-3-6-4-8(12)1-2-9(6)14-5-7/h1-4,12H,5H2. The molecule has 0 aliphatic carbocycles. The van der Waals surface area contributed by atoms with Crippen molar-refractivity contribution in [2.24, 2.45) is 0 Å². The van der Waals surface area contributed by atoms with Crippen LogP contribution in [0.25, 0.3) is 6.08 Å². The fourth-order valence-corrected chi connectivity index (χ4v) is 1.59. The van der Waals surface area contributed by atoms with Crippen molar-refractivity contribution < 1.29 is 14.6 Å². The number of hydrogen-bond donors (Lipinski definition) is 1. The lowest BCUT2D eigenvalue weighted by Crippen LogP contribution is -2.10. The van der Waals surface area contributed by atoms with Gasteiger partial charge in [0.25, 0.3) is 0 Å². The first-order valence-electron chi connectivity index (χ1n) is 4.03. The Labute approximate surface area is 94.5 Å². The fourth-order valence-electron chi connectivity index (χ4n) is 1.28. The monoisotopic (exact) mass is 302 g/mol. The van der Waals surface area contributed by atoms with Crippen molar-refractivity contribution >= 4 is 32.5 Å². The summed E-state index contributed by atoms with van der Waals surface area (Å²) in [5.74, 6) is 0.870. The van der Waals surface area contributed by atoms with Crippen molar-refractivity contribution in [3.8, 4) is 11.5 Å². The van der Waals surface area contributed by atoms with Gasteiger partial charge in [-0.15, -0.1) is 0 Å². The van der Waals surface area contributed by atoms with E-state index in [2.05, 4.69) is 0 Å². The molecule has 0 aromatic heterocycles. The molecule has 0 spiro atoms. The Hall–Kier alpha value is -1.04. The van der Waals surface area contributed by atoms with Gasteiger partial charge in [-0.05, 0) is 24.3 Å². The highest BCUT2D eigenvalue weighted by molar-refractivity contribution is 14.1. The third kappa shape index (κ3) is 1.75. The number of halogens is 1. The summed E-state index contributed by atoms with van der Waals surface area (Å²) in [6.45, 7) is 0.305. The molecule has 3 nitrogen and oxygen atoms in total. The van der Waals surface area contributed by atoms with Crippen LogP contribution in [0.4, 0.5) is 0 Å². The van der Waals surface area contributed by atoms with E-state index in [9.17, 15) is 9.90 Å². The Balaban J connectivity index is 2.47. The van der Waals surface area contributed by atoms with E-state index in [1.54, 1.807) is 46.9 Å². The first-order chi connectivity index (χ1) is 6.66. The highest BCUT2D eigenvalue weighted by atomic mass is 127. The van der Waals surface area contributed by atoms with Gasteiger partial charge in [-0.3, -0.25) is 4.79 Å². The molecule has 72 valence electrons. The third-order valence-corrected chi connectivity index (χ3v) is 2.65. The van der Waals surface area contributed by atoms with E-state index >= 15 is 0 Å². The molecule has 1 heterocycles. The van der Waals surface area contributed by atoms with E-state index in [-0.39, 0.29) is 9.54 Å². The van der Waals surface area contributed by atoms with Crippen LogP contribution < -0.4 is 4.74 Å². The zero-order valence-corrected chi connectivity index (χ0v) is 9.32. The van der Waals surface area contributed by atoms with Crippen LogP contribution in [0.15, 0.2) is 23.8 Å². The third-order valence-electron chi connectivity index (χ3n) is 1.96. The predicted molar refractivity (Wildman–Crippen MR) is 60.6 cm³/mol. The Bertz CT molecular complexity index is 423. The molecule has 0 bridgehead atoms. The molecule has 1 N–H and O–H groups in total. The highest BCUT2D eigenvalue weighted by Gasteiger charge is 2.15. The minimum absolute atomic E-state index is 0.0309. The molecule has 0 amide bonds. The molecule has 1 aromatic carbocycles. The Morgan fingerprint density at radius 1 is 1.50 bits per heavy atom.